The molecule has 0 amide bonds. The van der Waals surface area contributed by atoms with Crippen LogP contribution in [0.5, 0.6) is 0 Å². The Morgan fingerprint density at radius 3 is 2.86 bits per heavy atom. The molecule has 22 heavy (non-hydrogen) atoms. The molecule has 1 fully saturated rings. The van der Waals surface area contributed by atoms with Crippen molar-refractivity contribution in [2.24, 2.45) is 0 Å². The number of rotatable bonds is 6. The van der Waals surface area contributed by atoms with Gasteiger partial charge in [-0.1, -0.05) is 19.1 Å². The molecule has 0 bridgehead atoms. The fraction of sp³-hybridized carbons (Fsp3) is 0.588. The number of imidazole rings is 1. The second kappa shape index (κ2) is 6.77. The van der Waals surface area contributed by atoms with Gasteiger partial charge in [-0.2, -0.15) is 0 Å². The van der Waals surface area contributed by atoms with E-state index in [0.717, 1.165) is 24.3 Å². The molecule has 0 aliphatic carbocycles. The lowest BCUT2D eigenvalue weighted by Crippen LogP contribution is -2.45. The van der Waals surface area contributed by atoms with Gasteiger partial charge in [0, 0.05) is 39.1 Å². The Labute approximate surface area is 131 Å². The number of para-hydroxylation sites is 2. The minimum absolute atomic E-state index is 0.589. The van der Waals surface area contributed by atoms with Crippen molar-refractivity contribution < 1.29 is 9.84 Å². The molecule has 120 valence electrons. The van der Waals surface area contributed by atoms with Gasteiger partial charge >= 0.3 is 0 Å². The number of aromatic nitrogens is 2. The minimum atomic E-state index is -0.639. The van der Waals surface area contributed by atoms with E-state index in [9.17, 15) is 5.11 Å². The molecule has 2 aromatic rings. The second-order valence-electron chi connectivity index (χ2n) is 6.11. The van der Waals surface area contributed by atoms with Crippen molar-refractivity contribution in [2.75, 3.05) is 19.8 Å². The molecule has 1 aromatic carbocycles. The molecule has 1 aliphatic rings. The van der Waals surface area contributed by atoms with Crippen LogP contribution in [-0.2, 0) is 17.8 Å². The van der Waals surface area contributed by atoms with Crippen LogP contribution < -0.4 is 5.32 Å². The zero-order valence-corrected chi connectivity index (χ0v) is 13.2. The number of fused-ring (bicyclic) bond motifs is 1. The normalized spacial score (nSPS) is 17.9. The number of aliphatic hydroxyl groups is 1. The monoisotopic (exact) mass is 303 g/mol. The van der Waals surface area contributed by atoms with Crippen molar-refractivity contribution in [2.45, 2.75) is 44.9 Å². The predicted octanol–water partition coefficient (Wildman–Crippen LogP) is 2.08. The van der Waals surface area contributed by atoms with Crippen molar-refractivity contribution in [1.29, 1.82) is 0 Å². The molecule has 5 nitrogen and oxygen atoms in total. The van der Waals surface area contributed by atoms with Crippen LogP contribution in [0.2, 0.25) is 0 Å². The quantitative estimate of drug-likeness (QED) is 0.858. The first-order valence-electron chi connectivity index (χ1n) is 8.17. The van der Waals surface area contributed by atoms with Gasteiger partial charge in [-0.15, -0.1) is 0 Å². The number of nitrogens with zero attached hydrogens (tertiary/aromatic N) is 2. The molecule has 3 rings (SSSR count). The highest BCUT2D eigenvalue weighted by Gasteiger charge is 2.29. The standard InChI is InChI=1S/C17H25N3O2/c1-2-9-20-15-6-4-3-5-14(15)19-16(20)12-18-13-17(21)7-10-22-11-8-17/h3-6,18,21H,2,7-13H2,1H3. The van der Waals surface area contributed by atoms with E-state index in [1.54, 1.807) is 0 Å². The van der Waals surface area contributed by atoms with Crippen LogP contribution in [0.4, 0.5) is 0 Å². The molecule has 2 heterocycles. The molecule has 5 heteroatoms. The molecule has 2 N–H and O–H groups in total. The second-order valence-corrected chi connectivity index (χ2v) is 6.11. The summed E-state index contributed by atoms with van der Waals surface area (Å²) in [6, 6.07) is 8.25. The van der Waals surface area contributed by atoms with Crippen LogP contribution >= 0.6 is 0 Å². The van der Waals surface area contributed by atoms with Gasteiger partial charge in [-0.3, -0.25) is 0 Å². The lowest BCUT2D eigenvalue weighted by Gasteiger charge is -2.32. The summed E-state index contributed by atoms with van der Waals surface area (Å²) in [6.07, 6.45) is 2.48. The van der Waals surface area contributed by atoms with Crippen molar-refractivity contribution >= 4 is 11.0 Å². The summed E-state index contributed by atoms with van der Waals surface area (Å²) in [5, 5.41) is 13.9. The number of hydrogen-bond donors (Lipinski definition) is 2. The van der Waals surface area contributed by atoms with Crippen molar-refractivity contribution in [1.82, 2.24) is 14.9 Å². The first kappa shape index (κ1) is 15.5. The van der Waals surface area contributed by atoms with Crippen molar-refractivity contribution in [3.63, 3.8) is 0 Å². The van der Waals surface area contributed by atoms with Gasteiger partial charge in [0.1, 0.15) is 5.82 Å². The molecule has 0 spiro atoms. The number of aryl methyl sites for hydroxylation is 1. The van der Waals surface area contributed by atoms with Crippen LogP contribution in [0.25, 0.3) is 11.0 Å². The van der Waals surface area contributed by atoms with Crippen LogP contribution in [0.1, 0.15) is 32.0 Å². The number of benzene rings is 1. The third-order valence-electron chi connectivity index (χ3n) is 4.34. The maximum absolute atomic E-state index is 10.5. The Balaban J connectivity index is 1.69. The van der Waals surface area contributed by atoms with Crippen LogP contribution in [0.3, 0.4) is 0 Å². The van der Waals surface area contributed by atoms with Gasteiger partial charge in [-0.25, -0.2) is 4.98 Å². The summed E-state index contributed by atoms with van der Waals surface area (Å²) >= 11 is 0. The molecular formula is C17H25N3O2. The molecule has 1 aliphatic heterocycles. The zero-order valence-electron chi connectivity index (χ0n) is 13.2. The molecule has 1 aromatic heterocycles. The van der Waals surface area contributed by atoms with E-state index < -0.39 is 5.60 Å². The Morgan fingerprint density at radius 1 is 1.32 bits per heavy atom. The fourth-order valence-electron chi connectivity index (χ4n) is 3.07. The Kier molecular flexibility index (Phi) is 4.76. The lowest BCUT2D eigenvalue weighted by atomic mass is 9.94. The van der Waals surface area contributed by atoms with Gasteiger partial charge in [-0.05, 0) is 18.6 Å². The predicted molar refractivity (Wildman–Crippen MR) is 86.7 cm³/mol. The van der Waals surface area contributed by atoms with Crippen LogP contribution in [0, 0.1) is 0 Å². The Hall–Kier alpha value is -1.43. The average Bonchev–Trinajstić information content (AvgIpc) is 2.86. The number of ether oxygens (including phenoxy) is 1. The maximum Gasteiger partial charge on any atom is 0.123 e. The Bertz CT molecular complexity index is 617. The summed E-state index contributed by atoms with van der Waals surface area (Å²) < 4.78 is 7.59. The van der Waals surface area contributed by atoms with E-state index in [1.165, 1.54) is 5.52 Å². The van der Waals surface area contributed by atoms with E-state index in [1.807, 2.05) is 6.07 Å². The lowest BCUT2D eigenvalue weighted by molar-refractivity contribution is -0.0617. The van der Waals surface area contributed by atoms with E-state index in [4.69, 9.17) is 9.72 Å². The van der Waals surface area contributed by atoms with Gasteiger partial charge < -0.3 is 19.7 Å². The summed E-state index contributed by atoms with van der Waals surface area (Å²) in [5.41, 5.74) is 1.59. The van der Waals surface area contributed by atoms with Gasteiger partial charge in [0.2, 0.25) is 0 Å². The molecule has 1 saturated heterocycles. The largest absolute Gasteiger partial charge is 0.388 e. The van der Waals surface area contributed by atoms with Crippen LogP contribution in [0.15, 0.2) is 24.3 Å². The molecule has 0 radical (unpaired) electrons. The average molecular weight is 303 g/mol. The fourth-order valence-corrected chi connectivity index (χ4v) is 3.07. The van der Waals surface area contributed by atoms with Gasteiger partial charge in [0.05, 0.1) is 23.2 Å². The number of hydrogen-bond acceptors (Lipinski definition) is 4. The summed E-state index contributed by atoms with van der Waals surface area (Å²) in [7, 11) is 0. The molecular weight excluding hydrogens is 278 g/mol. The first-order chi connectivity index (χ1) is 10.7. The topological polar surface area (TPSA) is 59.3 Å². The minimum Gasteiger partial charge on any atom is -0.388 e. The summed E-state index contributed by atoms with van der Waals surface area (Å²) in [4.78, 5) is 4.73. The highest BCUT2D eigenvalue weighted by atomic mass is 16.5. The van der Waals surface area contributed by atoms with Gasteiger partial charge in [0.15, 0.2) is 0 Å². The summed E-state index contributed by atoms with van der Waals surface area (Å²) in [5.74, 6) is 1.04. The van der Waals surface area contributed by atoms with Crippen molar-refractivity contribution in [3.05, 3.63) is 30.1 Å². The third kappa shape index (κ3) is 3.32. The van der Waals surface area contributed by atoms with Gasteiger partial charge in [0.25, 0.3) is 0 Å². The highest BCUT2D eigenvalue weighted by Crippen LogP contribution is 2.20. The third-order valence-corrected chi connectivity index (χ3v) is 4.34. The molecule has 0 unspecified atom stereocenters. The van der Waals surface area contributed by atoms with Crippen molar-refractivity contribution in [3.8, 4) is 0 Å². The van der Waals surface area contributed by atoms with E-state index in [-0.39, 0.29) is 0 Å². The molecule has 0 atom stereocenters. The Morgan fingerprint density at radius 2 is 2.09 bits per heavy atom. The van der Waals surface area contributed by atoms with E-state index in [2.05, 4.69) is 35.0 Å². The van der Waals surface area contributed by atoms with E-state index >= 15 is 0 Å². The SMILES string of the molecule is CCCn1c(CNCC2(O)CCOCC2)nc2ccccc21. The molecule has 0 saturated carbocycles. The number of nitrogens with one attached hydrogen (secondary N) is 1. The maximum atomic E-state index is 10.5. The first-order valence-corrected chi connectivity index (χ1v) is 8.17. The van der Waals surface area contributed by atoms with E-state index in [0.29, 0.717) is 39.1 Å². The van der Waals surface area contributed by atoms with Crippen LogP contribution in [-0.4, -0.2) is 40.0 Å². The highest BCUT2D eigenvalue weighted by molar-refractivity contribution is 5.75. The zero-order chi connectivity index (χ0) is 15.4. The smallest absolute Gasteiger partial charge is 0.123 e. The summed E-state index contributed by atoms with van der Waals surface area (Å²) in [6.45, 7) is 5.70.